The van der Waals surface area contributed by atoms with Crippen molar-refractivity contribution in [3.8, 4) is 0 Å². The molecule has 1 aliphatic heterocycles. The van der Waals surface area contributed by atoms with Gasteiger partial charge in [-0.15, -0.1) is 0 Å². The van der Waals surface area contributed by atoms with E-state index in [1.54, 1.807) is 0 Å². The lowest BCUT2D eigenvalue weighted by Gasteiger charge is -2.27. The van der Waals surface area contributed by atoms with E-state index in [4.69, 9.17) is 4.74 Å². The summed E-state index contributed by atoms with van der Waals surface area (Å²) >= 11 is 0. The highest BCUT2D eigenvalue weighted by atomic mass is 16.5. The van der Waals surface area contributed by atoms with Crippen LogP contribution in [0, 0.1) is 5.92 Å². The van der Waals surface area contributed by atoms with Crippen molar-refractivity contribution in [1.29, 1.82) is 0 Å². The summed E-state index contributed by atoms with van der Waals surface area (Å²) in [5, 5.41) is 13.5. The third-order valence-corrected chi connectivity index (χ3v) is 3.90. The zero-order valence-electron chi connectivity index (χ0n) is 10.2. The first-order chi connectivity index (χ1) is 7.86. The fraction of sp³-hybridized carbons (Fsp3) is 1.00. The van der Waals surface area contributed by atoms with Crippen molar-refractivity contribution in [2.45, 2.75) is 57.1 Å². The maximum absolute atomic E-state index is 9.98. The highest BCUT2D eigenvalue weighted by Crippen LogP contribution is 2.19. The zero-order chi connectivity index (χ0) is 11.2. The van der Waals surface area contributed by atoms with E-state index < -0.39 is 0 Å². The van der Waals surface area contributed by atoms with Gasteiger partial charge in [0.25, 0.3) is 0 Å². The van der Waals surface area contributed by atoms with E-state index in [1.807, 2.05) is 0 Å². The van der Waals surface area contributed by atoms with Gasteiger partial charge in [0.05, 0.1) is 12.7 Å². The lowest BCUT2D eigenvalue weighted by molar-refractivity contribution is 0.0488. The summed E-state index contributed by atoms with van der Waals surface area (Å²) < 4.78 is 5.47. The Labute approximate surface area is 98.6 Å². The minimum atomic E-state index is -0.132. The van der Waals surface area contributed by atoms with Gasteiger partial charge >= 0.3 is 0 Å². The number of ether oxygens (including phenoxy) is 1. The van der Waals surface area contributed by atoms with Crippen LogP contribution in [0.15, 0.2) is 0 Å². The van der Waals surface area contributed by atoms with Crippen molar-refractivity contribution in [3.05, 3.63) is 0 Å². The van der Waals surface area contributed by atoms with Crippen molar-refractivity contribution in [2.24, 2.45) is 5.92 Å². The van der Waals surface area contributed by atoms with E-state index in [0.29, 0.717) is 12.0 Å². The number of aliphatic hydroxyl groups excluding tert-OH is 1. The molecule has 1 saturated carbocycles. The zero-order valence-corrected chi connectivity index (χ0v) is 10.2. The second-order valence-corrected chi connectivity index (χ2v) is 5.30. The number of hydrogen-bond donors (Lipinski definition) is 2. The largest absolute Gasteiger partial charge is 0.392 e. The van der Waals surface area contributed by atoms with E-state index in [0.717, 1.165) is 32.6 Å². The molecule has 0 bridgehead atoms. The maximum atomic E-state index is 9.98. The van der Waals surface area contributed by atoms with E-state index >= 15 is 0 Å². The van der Waals surface area contributed by atoms with Crippen LogP contribution in [0.5, 0.6) is 0 Å². The molecule has 2 N–H and O–H groups in total. The molecule has 3 nitrogen and oxygen atoms in total. The average molecular weight is 227 g/mol. The van der Waals surface area contributed by atoms with Gasteiger partial charge < -0.3 is 15.2 Å². The molecule has 1 heterocycles. The number of rotatable bonds is 3. The van der Waals surface area contributed by atoms with Crippen LogP contribution in [0.4, 0.5) is 0 Å². The van der Waals surface area contributed by atoms with Crippen molar-refractivity contribution in [2.75, 3.05) is 19.8 Å². The van der Waals surface area contributed by atoms with Crippen LogP contribution < -0.4 is 5.32 Å². The Morgan fingerprint density at radius 3 is 2.75 bits per heavy atom. The van der Waals surface area contributed by atoms with Crippen molar-refractivity contribution in [3.63, 3.8) is 0 Å². The summed E-state index contributed by atoms with van der Waals surface area (Å²) in [6, 6.07) is 0.324. The van der Waals surface area contributed by atoms with Crippen LogP contribution in [0.3, 0.4) is 0 Å². The van der Waals surface area contributed by atoms with E-state index in [-0.39, 0.29) is 6.10 Å². The molecule has 0 spiro atoms. The van der Waals surface area contributed by atoms with Gasteiger partial charge in [-0.3, -0.25) is 0 Å². The smallest absolute Gasteiger partial charge is 0.0693 e. The Hall–Kier alpha value is -0.120. The predicted octanol–water partition coefficient (Wildman–Crippen LogP) is 1.70. The van der Waals surface area contributed by atoms with Gasteiger partial charge in [-0.25, -0.2) is 0 Å². The molecule has 16 heavy (non-hydrogen) atoms. The average Bonchev–Trinajstić information content (AvgIpc) is 2.53. The Balaban J connectivity index is 1.70. The lowest BCUT2D eigenvalue weighted by Crippen LogP contribution is -2.42. The Morgan fingerprint density at radius 2 is 1.94 bits per heavy atom. The van der Waals surface area contributed by atoms with Gasteiger partial charge in [0.2, 0.25) is 0 Å². The molecule has 94 valence electrons. The van der Waals surface area contributed by atoms with Crippen LogP contribution in [-0.2, 0) is 4.74 Å². The Kier molecular flexibility index (Phi) is 5.07. The summed E-state index contributed by atoms with van der Waals surface area (Å²) in [5.74, 6) is 0.657. The number of nitrogens with one attached hydrogen (secondary N) is 1. The van der Waals surface area contributed by atoms with Gasteiger partial charge in [0, 0.05) is 19.2 Å². The monoisotopic (exact) mass is 227 g/mol. The van der Waals surface area contributed by atoms with Gasteiger partial charge in [0.1, 0.15) is 0 Å². The van der Waals surface area contributed by atoms with Gasteiger partial charge in [0.15, 0.2) is 0 Å². The molecule has 0 radical (unpaired) electrons. The van der Waals surface area contributed by atoms with Crippen molar-refractivity contribution in [1.82, 2.24) is 5.32 Å². The fourth-order valence-electron chi connectivity index (χ4n) is 2.81. The molecule has 0 amide bonds. The summed E-state index contributed by atoms with van der Waals surface area (Å²) in [6.45, 7) is 2.85. The molecule has 2 rings (SSSR count). The van der Waals surface area contributed by atoms with E-state index in [9.17, 15) is 5.11 Å². The fourth-order valence-corrected chi connectivity index (χ4v) is 2.81. The molecular weight excluding hydrogens is 202 g/mol. The molecule has 3 unspecified atom stereocenters. The van der Waals surface area contributed by atoms with E-state index in [1.165, 1.54) is 32.1 Å². The predicted molar refractivity (Wildman–Crippen MR) is 64.4 cm³/mol. The molecule has 1 aliphatic carbocycles. The molecule has 2 fully saturated rings. The first-order valence-electron chi connectivity index (χ1n) is 6.85. The Bertz CT molecular complexity index is 192. The third kappa shape index (κ3) is 3.72. The van der Waals surface area contributed by atoms with Crippen LogP contribution in [0.1, 0.15) is 44.9 Å². The summed E-state index contributed by atoms with van der Waals surface area (Å²) in [7, 11) is 0. The van der Waals surface area contributed by atoms with Crippen molar-refractivity contribution < 1.29 is 9.84 Å². The molecular formula is C13H25NO2. The highest BCUT2D eigenvalue weighted by molar-refractivity contribution is 4.80. The highest BCUT2D eigenvalue weighted by Gasteiger charge is 2.22. The first kappa shape index (κ1) is 12.3. The standard InChI is InChI=1S/C13H25NO2/c15-13-7-3-1-2-6-12(13)14-9-11-5-4-8-16-10-11/h11-15H,1-10H2. The minimum Gasteiger partial charge on any atom is -0.392 e. The van der Waals surface area contributed by atoms with Gasteiger partial charge in [-0.2, -0.15) is 0 Å². The number of hydrogen-bond acceptors (Lipinski definition) is 3. The summed E-state index contributed by atoms with van der Waals surface area (Å²) in [5.41, 5.74) is 0. The summed E-state index contributed by atoms with van der Waals surface area (Å²) in [6.07, 6.45) is 8.17. The number of aliphatic hydroxyl groups is 1. The van der Waals surface area contributed by atoms with Crippen molar-refractivity contribution >= 4 is 0 Å². The molecule has 3 atom stereocenters. The first-order valence-corrected chi connectivity index (χ1v) is 6.85. The molecule has 3 heteroatoms. The molecule has 1 saturated heterocycles. The molecule has 0 aromatic rings. The second kappa shape index (κ2) is 6.58. The Morgan fingerprint density at radius 1 is 1.06 bits per heavy atom. The SMILES string of the molecule is OC1CCCCCC1NCC1CCCOC1. The lowest BCUT2D eigenvalue weighted by atomic mass is 10.0. The van der Waals surface area contributed by atoms with Crippen LogP contribution in [0.2, 0.25) is 0 Å². The normalized spacial score (nSPS) is 36.9. The van der Waals surface area contributed by atoms with Crippen LogP contribution >= 0.6 is 0 Å². The van der Waals surface area contributed by atoms with Crippen LogP contribution in [-0.4, -0.2) is 37.0 Å². The van der Waals surface area contributed by atoms with E-state index in [2.05, 4.69) is 5.32 Å². The molecule has 2 aliphatic rings. The minimum absolute atomic E-state index is 0.132. The van der Waals surface area contributed by atoms with Crippen LogP contribution in [0.25, 0.3) is 0 Å². The quantitative estimate of drug-likeness (QED) is 0.721. The topological polar surface area (TPSA) is 41.5 Å². The van der Waals surface area contributed by atoms with Gasteiger partial charge in [-0.1, -0.05) is 19.3 Å². The molecule has 0 aromatic carbocycles. The third-order valence-electron chi connectivity index (χ3n) is 3.90. The van der Waals surface area contributed by atoms with Gasteiger partial charge in [-0.05, 0) is 31.6 Å². The molecule has 0 aromatic heterocycles. The maximum Gasteiger partial charge on any atom is 0.0693 e. The second-order valence-electron chi connectivity index (χ2n) is 5.30. The summed E-state index contributed by atoms with van der Waals surface area (Å²) in [4.78, 5) is 0.